The van der Waals surface area contributed by atoms with Crippen molar-refractivity contribution in [3.8, 4) is 22.9 Å². The first kappa shape index (κ1) is 22.5. The number of hydrogen-bond acceptors (Lipinski definition) is 8. The van der Waals surface area contributed by atoms with Crippen molar-refractivity contribution in [3.05, 3.63) is 42.2 Å². The van der Waals surface area contributed by atoms with E-state index >= 15 is 0 Å². The zero-order chi connectivity index (χ0) is 23.4. The molecule has 1 fully saturated rings. The molecule has 2 N–H and O–H groups in total. The third-order valence-corrected chi connectivity index (χ3v) is 5.50. The van der Waals surface area contributed by atoms with E-state index in [-0.39, 0.29) is 11.9 Å². The molecule has 0 bridgehead atoms. The van der Waals surface area contributed by atoms with Crippen LogP contribution in [0.15, 0.2) is 36.5 Å². The van der Waals surface area contributed by atoms with Crippen LogP contribution in [0.5, 0.6) is 11.5 Å². The zero-order valence-corrected chi connectivity index (χ0v) is 19.3. The average Bonchev–Trinajstić information content (AvgIpc) is 3.18. The van der Waals surface area contributed by atoms with Crippen LogP contribution >= 0.6 is 0 Å². The highest BCUT2D eigenvalue weighted by atomic mass is 16.5. The Bertz CT molecular complexity index is 1100. The predicted molar refractivity (Wildman–Crippen MR) is 125 cm³/mol. The maximum atomic E-state index is 12.8. The van der Waals surface area contributed by atoms with Crippen LogP contribution in [0.1, 0.15) is 23.8 Å². The van der Waals surface area contributed by atoms with E-state index in [4.69, 9.17) is 9.47 Å². The molecule has 33 heavy (non-hydrogen) atoms. The van der Waals surface area contributed by atoms with Crippen LogP contribution in [-0.4, -0.2) is 70.5 Å². The van der Waals surface area contributed by atoms with Crippen molar-refractivity contribution >= 4 is 17.5 Å². The highest BCUT2D eigenvalue weighted by Gasteiger charge is 2.20. The molecule has 0 saturated carbocycles. The Balaban J connectivity index is 1.49. The number of hydrogen-bond donors (Lipinski definition) is 2. The number of carbonyl (C=O) groups is 1. The van der Waals surface area contributed by atoms with Gasteiger partial charge in [0.1, 0.15) is 22.9 Å². The predicted octanol–water partition coefficient (Wildman–Crippen LogP) is 2.46. The van der Waals surface area contributed by atoms with Crippen molar-refractivity contribution in [2.24, 2.45) is 7.05 Å². The standard InChI is InChI=1S/C23H29N7O3/c1-15(14-30-8-5-9-30)25-22(31)21-13-20(28-29(21)2)19-6-7-24-23(27-19)26-16-10-17(32-3)12-18(11-16)33-4/h6-7,10-13,15H,5,8-9,14H2,1-4H3,(H,25,31)(H,24,26,27)/t15-/m0/s1. The number of amides is 1. The van der Waals surface area contributed by atoms with Gasteiger partial charge in [-0.15, -0.1) is 0 Å². The number of benzene rings is 1. The first-order valence-electron chi connectivity index (χ1n) is 10.9. The second-order valence-corrected chi connectivity index (χ2v) is 8.06. The van der Waals surface area contributed by atoms with Gasteiger partial charge in [-0.25, -0.2) is 9.97 Å². The van der Waals surface area contributed by atoms with E-state index in [1.54, 1.807) is 50.3 Å². The topological polar surface area (TPSA) is 106 Å². The van der Waals surface area contributed by atoms with Crippen LogP contribution in [0.2, 0.25) is 0 Å². The summed E-state index contributed by atoms with van der Waals surface area (Å²) >= 11 is 0. The molecule has 1 aliphatic heterocycles. The summed E-state index contributed by atoms with van der Waals surface area (Å²) in [5.41, 5.74) is 2.39. The van der Waals surface area contributed by atoms with Crippen LogP contribution in [0.3, 0.4) is 0 Å². The minimum Gasteiger partial charge on any atom is -0.497 e. The Hall–Kier alpha value is -3.66. The van der Waals surface area contributed by atoms with E-state index in [0.717, 1.165) is 25.3 Å². The van der Waals surface area contributed by atoms with Gasteiger partial charge < -0.3 is 25.0 Å². The van der Waals surface area contributed by atoms with Crippen LogP contribution < -0.4 is 20.1 Å². The fourth-order valence-electron chi connectivity index (χ4n) is 3.67. The lowest BCUT2D eigenvalue weighted by molar-refractivity contribution is 0.0905. The molecule has 0 spiro atoms. The van der Waals surface area contributed by atoms with Crippen molar-refractivity contribution in [3.63, 3.8) is 0 Å². The van der Waals surface area contributed by atoms with Gasteiger partial charge >= 0.3 is 0 Å². The Morgan fingerprint density at radius 3 is 2.48 bits per heavy atom. The summed E-state index contributed by atoms with van der Waals surface area (Å²) in [6.07, 6.45) is 2.87. The maximum Gasteiger partial charge on any atom is 0.269 e. The van der Waals surface area contributed by atoms with E-state index in [9.17, 15) is 4.79 Å². The van der Waals surface area contributed by atoms with Gasteiger partial charge in [0.15, 0.2) is 0 Å². The van der Waals surface area contributed by atoms with Gasteiger partial charge in [0.2, 0.25) is 5.95 Å². The van der Waals surface area contributed by atoms with E-state index in [2.05, 4.69) is 30.6 Å². The fraction of sp³-hybridized carbons (Fsp3) is 0.391. The summed E-state index contributed by atoms with van der Waals surface area (Å²) in [4.78, 5) is 24.0. The Morgan fingerprint density at radius 1 is 1.12 bits per heavy atom. The first-order valence-corrected chi connectivity index (χ1v) is 10.9. The molecule has 4 rings (SSSR count). The van der Waals surface area contributed by atoms with Gasteiger partial charge in [0, 0.05) is 49.7 Å². The molecule has 1 saturated heterocycles. The number of aryl methyl sites for hydroxylation is 1. The van der Waals surface area contributed by atoms with Crippen molar-refractivity contribution in [1.82, 2.24) is 30.0 Å². The largest absolute Gasteiger partial charge is 0.497 e. The van der Waals surface area contributed by atoms with Gasteiger partial charge in [-0.2, -0.15) is 5.10 Å². The lowest BCUT2D eigenvalue weighted by Crippen LogP contribution is -2.47. The number of aromatic nitrogens is 4. The number of nitrogens with one attached hydrogen (secondary N) is 2. The summed E-state index contributed by atoms with van der Waals surface area (Å²) in [5.74, 6) is 1.54. The highest BCUT2D eigenvalue weighted by Crippen LogP contribution is 2.27. The molecular weight excluding hydrogens is 422 g/mol. The lowest BCUT2D eigenvalue weighted by atomic mass is 10.2. The van der Waals surface area contributed by atoms with Gasteiger partial charge in [0.25, 0.3) is 5.91 Å². The molecule has 3 aromatic rings. The monoisotopic (exact) mass is 451 g/mol. The molecule has 1 aliphatic rings. The zero-order valence-electron chi connectivity index (χ0n) is 19.3. The molecule has 10 nitrogen and oxygen atoms in total. The number of nitrogens with zero attached hydrogens (tertiary/aromatic N) is 5. The maximum absolute atomic E-state index is 12.8. The molecule has 0 aliphatic carbocycles. The first-order chi connectivity index (χ1) is 15.9. The average molecular weight is 452 g/mol. The Morgan fingerprint density at radius 2 is 1.85 bits per heavy atom. The van der Waals surface area contributed by atoms with Crippen molar-refractivity contribution in [2.75, 3.05) is 39.2 Å². The quantitative estimate of drug-likeness (QED) is 0.511. The number of ether oxygens (including phenoxy) is 2. The Labute approximate surface area is 192 Å². The minimum atomic E-state index is -0.153. The van der Waals surface area contributed by atoms with Crippen LogP contribution in [-0.2, 0) is 7.05 Å². The molecule has 2 aromatic heterocycles. The molecule has 3 heterocycles. The highest BCUT2D eigenvalue weighted by molar-refractivity contribution is 5.93. The third-order valence-electron chi connectivity index (χ3n) is 5.50. The molecule has 10 heteroatoms. The third kappa shape index (κ3) is 5.40. The number of carbonyl (C=O) groups excluding carboxylic acids is 1. The normalized spacial score (nSPS) is 14.3. The summed E-state index contributed by atoms with van der Waals surface area (Å²) in [6.45, 7) is 5.07. The van der Waals surface area contributed by atoms with E-state index in [1.165, 1.54) is 6.42 Å². The van der Waals surface area contributed by atoms with Gasteiger partial charge in [0.05, 0.1) is 19.9 Å². The molecular formula is C23H29N7O3. The van der Waals surface area contributed by atoms with Crippen molar-refractivity contribution in [1.29, 1.82) is 0 Å². The SMILES string of the molecule is COc1cc(Nc2nccc(-c3cc(C(=O)N[C@@H](C)CN4CCC4)n(C)n3)n2)cc(OC)c1. The van der Waals surface area contributed by atoms with Crippen LogP contribution in [0.25, 0.3) is 11.4 Å². The smallest absolute Gasteiger partial charge is 0.269 e. The number of likely N-dealkylation sites (tertiary alicyclic amines) is 1. The van der Waals surface area contributed by atoms with Gasteiger partial charge in [-0.1, -0.05) is 0 Å². The minimum absolute atomic E-state index is 0.0610. The van der Waals surface area contributed by atoms with Crippen molar-refractivity contribution in [2.45, 2.75) is 19.4 Å². The van der Waals surface area contributed by atoms with E-state index < -0.39 is 0 Å². The molecule has 1 aromatic carbocycles. The fourth-order valence-corrected chi connectivity index (χ4v) is 3.67. The van der Waals surface area contributed by atoms with E-state index in [0.29, 0.717) is 34.5 Å². The second kappa shape index (κ2) is 9.86. The molecule has 1 amide bonds. The van der Waals surface area contributed by atoms with Gasteiger partial charge in [-0.3, -0.25) is 9.48 Å². The van der Waals surface area contributed by atoms with E-state index in [1.807, 2.05) is 19.1 Å². The number of rotatable bonds is 9. The second-order valence-electron chi connectivity index (χ2n) is 8.06. The molecule has 1 atom stereocenters. The molecule has 0 radical (unpaired) electrons. The summed E-state index contributed by atoms with van der Waals surface area (Å²) in [7, 11) is 4.94. The van der Waals surface area contributed by atoms with Crippen LogP contribution in [0.4, 0.5) is 11.6 Å². The summed E-state index contributed by atoms with van der Waals surface area (Å²) < 4.78 is 12.2. The Kier molecular flexibility index (Phi) is 6.74. The van der Waals surface area contributed by atoms with Gasteiger partial charge in [-0.05, 0) is 38.6 Å². The van der Waals surface area contributed by atoms with Crippen LogP contribution in [0, 0.1) is 0 Å². The molecule has 0 unspecified atom stereocenters. The molecule has 174 valence electrons. The lowest BCUT2D eigenvalue weighted by Gasteiger charge is -2.33. The number of anilines is 2. The summed E-state index contributed by atoms with van der Waals surface area (Å²) in [6, 6.07) is 8.99. The van der Waals surface area contributed by atoms with Crippen molar-refractivity contribution < 1.29 is 14.3 Å². The number of methoxy groups -OCH3 is 2. The summed E-state index contributed by atoms with van der Waals surface area (Å²) in [5, 5.41) is 10.7.